The van der Waals surface area contributed by atoms with Crippen molar-refractivity contribution in [2.24, 2.45) is 0 Å². The van der Waals surface area contributed by atoms with Crippen molar-refractivity contribution in [3.8, 4) is 0 Å². The number of hydrogen-bond acceptors (Lipinski definition) is 4. The summed E-state index contributed by atoms with van der Waals surface area (Å²) in [5.41, 5.74) is 0. The first-order valence-electron chi connectivity index (χ1n) is 8.59. The Balaban J connectivity index is 1.38. The average molecular weight is 278 g/mol. The molecule has 4 heteroatoms. The van der Waals surface area contributed by atoms with Gasteiger partial charge in [0.15, 0.2) is 0 Å². The van der Waals surface area contributed by atoms with Crippen molar-refractivity contribution in [2.75, 3.05) is 53.4 Å². The van der Waals surface area contributed by atoms with Crippen LogP contribution in [0.25, 0.3) is 0 Å². The van der Waals surface area contributed by atoms with Gasteiger partial charge in [0.2, 0.25) is 0 Å². The second-order valence-corrected chi connectivity index (χ2v) is 7.67. The minimum Gasteiger partial charge on any atom is -0.304 e. The summed E-state index contributed by atoms with van der Waals surface area (Å²) in [5, 5.41) is 0. The predicted molar refractivity (Wildman–Crippen MR) is 82.0 cm³/mol. The quantitative estimate of drug-likeness (QED) is 0.731. The van der Waals surface area contributed by atoms with E-state index in [9.17, 15) is 0 Å². The van der Waals surface area contributed by atoms with E-state index in [4.69, 9.17) is 0 Å². The summed E-state index contributed by atoms with van der Waals surface area (Å²) >= 11 is 0. The zero-order valence-corrected chi connectivity index (χ0v) is 13.2. The Hall–Kier alpha value is -0.160. The Labute approximate surface area is 123 Å². The molecule has 114 valence electrons. The van der Waals surface area contributed by atoms with Gasteiger partial charge >= 0.3 is 0 Å². The Morgan fingerprint density at radius 1 is 0.650 bits per heavy atom. The van der Waals surface area contributed by atoms with E-state index in [-0.39, 0.29) is 0 Å². The van der Waals surface area contributed by atoms with Crippen LogP contribution in [-0.2, 0) is 0 Å². The number of piperazine rings is 1. The molecule has 0 aromatic carbocycles. The lowest BCUT2D eigenvalue weighted by atomic mass is 9.92. The molecule has 4 aliphatic rings. The van der Waals surface area contributed by atoms with E-state index in [1.165, 1.54) is 65.0 Å². The molecule has 4 nitrogen and oxygen atoms in total. The normalized spacial score (nSPS) is 42.0. The highest BCUT2D eigenvalue weighted by Crippen LogP contribution is 2.40. The zero-order valence-electron chi connectivity index (χ0n) is 13.2. The zero-order chi connectivity index (χ0) is 13.7. The highest BCUT2D eigenvalue weighted by Gasteiger charge is 2.47. The van der Waals surface area contributed by atoms with Crippen LogP contribution >= 0.6 is 0 Å². The number of hydrogen-bond donors (Lipinski definition) is 0. The summed E-state index contributed by atoms with van der Waals surface area (Å²) in [5.74, 6) is 0. The van der Waals surface area contributed by atoms with E-state index in [1.54, 1.807) is 0 Å². The molecule has 0 amide bonds. The van der Waals surface area contributed by atoms with Gasteiger partial charge in [0.05, 0.1) is 0 Å². The lowest BCUT2D eigenvalue weighted by molar-refractivity contribution is -0.0303. The highest BCUT2D eigenvalue weighted by molar-refractivity contribution is 5.03. The third-order valence-electron chi connectivity index (χ3n) is 6.29. The molecule has 0 spiro atoms. The molecule has 0 radical (unpaired) electrons. The Morgan fingerprint density at radius 2 is 1.25 bits per heavy atom. The van der Waals surface area contributed by atoms with Crippen LogP contribution in [0.3, 0.4) is 0 Å². The van der Waals surface area contributed by atoms with Crippen molar-refractivity contribution >= 4 is 0 Å². The third kappa shape index (κ3) is 2.31. The molecular weight excluding hydrogens is 248 g/mol. The lowest BCUT2D eigenvalue weighted by Gasteiger charge is -2.52. The smallest absolute Gasteiger partial charge is 0.0356 e. The van der Waals surface area contributed by atoms with Gasteiger partial charge in [-0.25, -0.2) is 0 Å². The molecule has 0 saturated carbocycles. The van der Waals surface area contributed by atoms with Crippen molar-refractivity contribution in [2.45, 2.75) is 49.9 Å². The summed E-state index contributed by atoms with van der Waals surface area (Å²) < 4.78 is 0. The number of likely N-dealkylation sites (tertiary alicyclic amines) is 1. The van der Waals surface area contributed by atoms with Gasteiger partial charge in [0.25, 0.3) is 0 Å². The van der Waals surface area contributed by atoms with Crippen LogP contribution < -0.4 is 0 Å². The molecule has 4 rings (SSSR count). The molecule has 2 bridgehead atoms. The maximum atomic E-state index is 2.92. The van der Waals surface area contributed by atoms with Crippen LogP contribution in [0.1, 0.15) is 25.7 Å². The van der Waals surface area contributed by atoms with Crippen molar-refractivity contribution in [1.29, 1.82) is 0 Å². The highest BCUT2D eigenvalue weighted by atomic mass is 15.4. The molecule has 0 N–H and O–H groups in total. The number of piperidine rings is 1. The van der Waals surface area contributed by atoms with Gasteiger partial charge in [-0.3, -0.25) is 9.80 Å². The molecule has 4 heterocycles. The standard InChI is InChI=1S/C16H30N4/c1-17-5-7-19(8-6-17)15-9-13-3-4-14(10-15)20(13)16-11-18(2)12-16/h13-16H,3-12H2,1-2H3. The number of likely N-dealkylation sites (N-methyl/N-ethyl adjacent to an activating group) is 2. The first kappa shape index (κ1) is 13.5. The van der Waals surface area contributed by atoms with Crippen molar-refractivity contribution in [3.63, 3.8) is 0 Å². The van der Waals surface area contributed by atoms with Crippen molar-refractivity contribution < 1.29 is 0 Å². The Morgan fingerprint density at radius 3 is 1.80 bits per heavy atom. The summed E-state index contributed by atoms with van der Waals surface area (Å²) in [6.45, 7) is 7.75. The predicted octanol–water partition coefficient (Wildman–Crippen LogP) is 0.543. The fraction of sp³-hybridized carbons (Fsp3) is 1.00. The van der Waals surface area contributed by atoms with Crippen LogP contribution in [0.4, 0.5) is 0 Å². The summed E-state index contributed by atoms with van der Waals surface area (Å²) in [4.78, 5) is 10.7. The number of fused-ring (bicyclic) bond motifs is 2. The maximum Gasteiger partial charge on any atom is 0.0356 e. The lowest BCUT2D eigenvalue weighted by Crippen LogP contribution is -2.64. The van der Waals surface area contributed by atoms with E-state index >= 15 is 0 Å². The molecule has 0 aromatic rings. The van der Waals surface area contributed by atoms with Crippen LogP contribution in [0, 0.1) is 0 Å². The second kappa shape index (κ2) is 5.24. The van der Waals surface area contributed by atoms with Gasteiger partial charge in [-0.05, 0) is 39.8 Å². The fourth-order valence-electron chi connectivity index (χ4n) is 5.12. The summed E-state index contributed by atoms with van der Waals surface area (Å²) in [6, 6.07) is 3.57. The van der Waals surface area contributed by atoms with Gasteiger partial charge in [-0.2, -0.15) is 0 Å². The van der Waals surface area contributed by atoms with E-state index in [0.29, 0.717) is 0 Å². The molecule has 2 atom stereocenters. The second-order valence-electron chi connectivity index (χ2n) is 7.67. The first-order valence-corrected chi connectivity index (χ1v) is 8.59. The summed E-state index contributed by atoms with van der Waals surface area (Å²) in [6.07, 6.45) is 5.82. The summed E-state index contributed by atoms with van der Waals surface area (Å²) in [7, 11) is 4.52. The minimum atomic E-state index is 0.880. The van der Waals surface area contributed by atoms with Crippen LogP contribution in [0.15, 0.2) is 0 Å². The molecule has 0 aliphatic carbocycles. The molecule has 4 saturated heterocycles. The Bertz CT molecular complexity index is 332. The topological polar surface area (TPSA) is 13.0 Å². The number of rotatable bonds is 2. The van der Waals surface area contributed by atoms with E-state index < -0.39 is 0 Å². The fourth-order valence-corrected chi connectivity index (χ4v) is 5.12. The van der Waals surface area contributed by atoms with Crippen LogP contribution in [-0.4, -0.2) is 97.1 Å². The monoisotopic (exact) mass is 278 g/mol. The molecule has 20 heavy (non-hydrogen) atoms. The van der Waals surface area contributed by atoms with Gasteiger partial charge in [-0.1, -0.05) is 0 Å². The number of nitrogens with zero attached hydrogens (tertiary/aromatic N) is 4. The van der Waals surface area contributed by atoms with Gasteiger partial charge < -0.3 is 9.80 Å². The van der Waals surface area contributed by atoms with E-state index in [0.717, 1.165) is 24.2 Å². The largest absolute Gasteiger partial charge is 0.304 e. The van der Waals surface area contributed by atoms with Crippen LogP contribution in [0.5, 0.6) is 0 Å². The van der Waals surface area contributed by atoms with E-state index in [2.05, 4.69) is 33.7 Å². The molecular formula is C16H30N4. The molecule has 4 aliphatic heterocycles. The molecule has 2 unspecified atom stereocenters. The van der Waals surface area contributed by atoms with Gasteiger partial charge in [0.1, 0.15) is 0 Å². The van der Waals surface area contributed by atoms with Crippen LogP contribution in [0.2, 0.25) is 0 Å². The van der Waals surface area contributed by atoms with Gasteiger partial charge in [0, 0.05) is 63.4 Å². The van der Waals surface area contributed by atoms with Gasteiger partial charge in [-0.15, -0.1) is 0 Å². The van der Waals surface area contributed by atoms with Crippen molar-refractivity contribution in [3.05, 3.63) is 0 Å². The minimum absolute atomic E-state index is 0.880. The first-order chi connectivity index (χ1) is 9.70. The van der Waals surface area contributed by atoms with Crippen molar-refractivity contribution in [1.82, 2.24) is 19.6 Å². The third-order valence-corrected chi connectivity index (χ3v) is 6.29. The Kier molecular flexibility index (Phi) is 3.53. The maximum absolute atomic E-state index is 2.92. The molecule has 0 aromatic heterocycles. The SMILES string of the molecule is CN1CCN(C2CC3CCC(C2)N3C2CN(C)C2)CC1. The average Bonchev–Trinajstić information content (AvgIpc) is 2.66. The van der Waals surface area contributed by atoms with E-state index in [1.807, 2.05) is 0 Å². The molecule has 4 fully saturated rings.